The smallest absolute Gasteiger partial charge is 0.138 e. The van der Waals surface area contributed by atoms with Crippen molar-refractivity contribution in [2.45, 2.75) is 13.3 Å². The van der Waals surface area contributed by atoms with Gasteiger partial charge in [0.25, 0.3) is 0 Å². The zero-order valence-corrected chi connectivity index (χ0v) is 12.6. The molecule has 0 N–H and O–H groups in total. The number of aryl methyl sites for hydroxylation is 1. The third kappa shape index (κ3) is 2.52. The topological polar surface area (TPSA) is 29.8 Å². The van der Waals surface area contributed by atoms with Crippen LogP contribution in [0.2, 0.25) is 0 Å². The minimum atomic E-state index is 0.706. The molecule has 0 aliphatic carbocycles. The Hall–Kier alpha value is -1.07. The lowest BCUT2D eigenvalue weighted by molar-refractivity contribution is 0.206. The summed E-state index contributed by atoms with van der Waals surface area (Å²) in [6.07, 6.45) is 4.98. The van der Waals surface area contributed by atoms with Gasteiger partial charge < -0.3 is 9.64 Å². The number of pyridine rings is 1. The number of halogens is 1. The van der Waals surface area contributed by atoms with Crippen LogP contribution >= 0.6 is 15.9 Å². The van der Waals surface area contributed by atoms with Crippen LogP contribution in [0.25, 0.3) is 5.65 Å². The van der Waals surface area contributed by atoms with Crippen molar-refractivity contribution in [1.29, 1.82) is 0 Å². The number of nitrogens with zero attached hydrogens (tertiary/aromatic N) is 3. The monoisotopic (exact) mass is 311 g/mol. The van der Waals surface area contributed by atoms with Gasteiger partial charge in [0.1, 0.15) is 11.5 Å². The van der Waals surface area contributed by atoms with Crippen LogP contribution in [0, 0.1) is 0 Å². The maximum Gasteiger partial charge on any atom is 0.138 e. The number of anilines is 1. The lowest BCUT2D eigenvalue weighted by Gasteiger charge is -2.18. The van der Waals surface area contributed by atoms with Gasteiger partial charge in [-0.1, -0.05) is 6.92 Å². The van der Waals surface area contributed by atoms with Gasteiger partial charge in [0, 0.05) is 31.4 Å². The molecule has 0 spiro atoms. The molecule has 2 heterocycles. The zero-order chi connectivity index (χ0) is 13.1. The largest absolute Gasteiger partial charge is 0.383 e. The minimum absolute atomic E-state index is 0.706. The molecule has 0 saturated heterocycles. The van der Waals surface area contributed by atoms with Gasteiger partial charge >= 0.3 is 0 Å². The van der Waals surface area contributed by atoms with Crippen molar-refractivity contribution in [3.63, 3.8) is 0 Å². The molecule has 0 atom stereocenters. The van der Waals surface area contributed by atoms with Gasteiger partial charge in [-0.2, -0.15) is 0 Å². The number of rotatable bonds is 5. The number of aromatic nitrogens is 2. The SMILES string of the molecule is CCc1cc2ncc(N(C)CCOC)n2cc1Br. The van der Waals surface area contributed by atoms with Gasteiger partial charge in [-0.15, -0.1) is 0 Å². The molecule has 0 unspecified atom stereocenters. The Morgan fingerprint density at radius 2 is 2.28 bits per heavy atom. The van der Waals surface area contributed by atoms with Crippen LogP contribution in [0.1, 0.15) is 12.5 Å². The van der Waals surface area contributed by atoms with E-state index >= 15 is 0 Å². The van der Waals surface area contributed by atoms with E-state index in [2.05, 4.69) is 49.4 Å². The number of hydrogen-bond donors (Lipinski definition) is 0. The molecular weight excluding hydrogens is 294 g/mol. The van der Waals surface area contributed by atoms with Gasteiger partial charge in [0.2, 0.25) is 0 Å². The third-order valence-electron chi connectivity index (χ3n) is 3.06. The summed E-state index contributed by atoms with van der Waals surface area (Å²) < 4.78 is 8.32. The predicted molar refractivity (Wildman–Crippen MR) is 77.4 cm³/mol. The fourth-order valence-electron chi connectivity index (χ4n) is 1.92. The quantitative estimate of drug-likeness (QED) is 0.850. The summed E-state index contributed by atoms with van der Waals surface area (Å²) >= 11 is 3.61. The highest BCUT2D eigenvalue weighted by molar-refractivity contribution is 9.10. The Morgan fingerprint density at radius 1 is 1.50 bits per heavy atom. The van der Waals surface area contributed by atoms with E-state index in [1.54, 1.807) is 7.11 Å². The van der Waals surface area contributed by atoms with Crippen molar-refractivity contribution in [1.82, 2.24) is 9.38 Å². The average Bonchev–Trinajstić information content (AvgIpc) is 2.77. The second-order valence-corrected chi connectivity index (χ2v) is 5.11. The van der Waals surface area contributed by atoms with E-state index in [9.17, 15) is 0 Å². The summed E-state index contributed by atoms with van der Waals surface area (Å²) in [5.41, 5.74) is 2.26. The first-order chi connectivity index (χ1) is 8.67. The lowest BCUT2D eigenvalue weighted by atomic mass is 10.2. The number of fused-ring (bicyclic) bond motifs is 1. The fraction of sp³-hybridized carbons (Fsp3) is 0.462. The van der Waals surface area contributed by atoms with E-state index < -0.39 is 0 Å². The van der Waals surface area contributed by atoms with E-state index in [0.29, 0.717) is 6.61 Å². The first-order valence-corrected chi connectivity index (χ1v) is 6.82. The van der Waals surface area contributed by atoms with Crippen LogP contribution < -0.4 is 4.90 Å². The van der Waals surface area contributed by atoms with E-state index in [0.717, 1.165) is 28.9 Å². The maximum absolute atomic E-state index is 5.10. The summed E-state index contributed by atoms with van der Waals surface area (Å²) in [5.74, 6) is 1.07. The Morgan fingerprint density at radius 3 is 2.94 bits per heavy atom. The standard InChI is InChI=1S/C13H18BrN3O/c1-4-10-7-12-15-8-13(16(2)5-6-18-3)17(12)9-11(10)14/h7-9H,4-6H2,1-3H3. The van der Waals surface area contributed by atoms with Crippen LogP contribution in [0.3, 0.4) is 0 Å². The molecule has 98 valence electrons. The molecule has 0 radical (unpaired) electrons. The van der Waals surface area contributed by atoms with E-state index in [-0.39, 0.29) is 0 Å². The Kier molecular flexibility index (Phi) is 4.24. The van der Waals surface area contributed by atoms with Crippen molar-refractivity contribution in [3.05, 3.63) is 28.5 Å². The van der Waals surface area contributed by atoms with Gasteiger partial charge in [-0.3, -0.25) is 4.40 Å². The molecule has 0 aliphatic heterocycles. The summed E-state index contributed by atoms with van der Waals surface area (Å²) in [4.78, 5) is 6.60. The second-order valence-electron chi connectivity index (χ2n) is 4.26. The normalized spacial score (nSPS) is 11.1. The number of methoxy groups -OCH3 is 1. The molecule has 18 heavy (non-hydrogen) atoms. The van der Waals surface area contributed by atoms with Crippen molar-refractivity contribution < 1.29 is 4.74 Å². The third-order valence-corrected chi connectivity index (χ3v) is 3.78. The van der Waals surface area contributed by atoms with Gasteiger partial charge in [0.05, 0.1) is 12.8 Å². The van der Waals surface area contributed by atoms with Crippen molar-refractivity contribution in [2.75, 3.05) is 32.2 Å². The van der Waals surface area contributed by atoms with Crippen LogP contribution in [0.4, 0.5) is 5.82 Å². The Labute approximate surface area is 116 Å². The molecule has 0 aromatic carbocycles. The zero-order valence-electron chi connectivity index (χ0n) is 11.0. The van der Waals surface area contributed by atoms with Crippen LogP contribution in [0.5, 0.6) is 0 Å². The summed E-state index contributed by atoms with van der Waals surface area (Å²) in [6.45, 7) is 3.69. The Bertz CT molecular complexity index is 538. The van der Waals surface area contributed by atoms with Gasteiger partial charge in [-0.05, 0) is 34.0 Å². The number of hydrogen-bond acceptors (Lipinski definition) is 3. The van der Waals surface area contributed by atoms with Gasteiger partial charge in [-0.25, -0.2) is 4.98 Å². The van der Waals surface area contributed by atoms with Crippen LogP contribution in [-0.4, -0.2) is 36.7 Å². The predicted octanol–water partition coefficient (Wildman–Crippen LogP) is 2.74. The molecule has 0 amide bonds. The molecule has 0 saturated carbocycles. The molecule has 2 rings (SSSR count). The molecular formula is C13H18BrN3O. The molecule has 5 heteroatoms. The van der Waals surface area contributed by atoms with E-state index in [1.165, 1.54) is 5.56 Å². The molecule has 2 aromatic heterocycles. The highest BCUT2D eigenvalue weighted by Crippen LogP contribution is 2.23. The van der Waals surface area contributed by atoms with Gasteiger partial charge in [0.15, 0.2) is 0 Å². The van der Waals surface area contributed by atoms with E-state index in [4.69, 9.17) is 4.74 Å². The molecule has 4 nitrogen and oxygen atoms in total. The number of imidazole rings is 1. The van der Waals surface area contributed by atoms with Crippen LogP contribution in [-0.2, 0) is 11.2 Å². The number of likely N-dealkylation sites (N-methyl/N-ethyl adjacent to an activating group) is 1. The second kappa shape index (κ2) is 5.71. The maximum atomic E-state index is 5.10. The molecule has 0 aliphatic rings. The highest BCUT2D eigenvalue weighted by Gasteiger charge is 2.10. The number of ether oxygens (including phenoxy) is 1. The summed E-state index contributed by atoms with van der Waals surface area (Å²) in [6, 6.07) is 2.12. The van der Waals surface area contributed by atoms with E-state index in [1.807, 2.05) is 13.2 Å². The summed E-state index contributed by atoms with van der Waals surface area (Å²) in [5, 5.41) is 0. The minimum Gasteiger partial charge on any atom is -0.383 e. The first kappa shape index (κ1) is 13.4. The average molecular weight is 312 g/mol. The van der Waals surface area contributed by atoms with Crippen molar-refractivity contribution in [3.8, 4) is 0 Å². The summed E-state index contributed by atoms with van der Waals surface area (Å²) in [7, 11) is 3.76. The fourth-order valence-corrected chi connectivity index (χ4v) is 2.52. The van der Waals surface area contributed by atoms with Crippen molar-refractivity contribution >= 4 is 27.4 Å². The van der Waals surface area contributed by atoms with Crippen molar-refractivity contribution in [2.24, 2.45) is 0 Å². The first-order valence-electron chi connectivity index (χ1n) is 6.03. The lowest BCUT2D eigenvalue weighted by Crippen LogP contribution is -2.23. The molecule has 0 fully saturated rings. The molecule has 2 aromatic rings. The Balaban J connectivity index is 2.38. The highest BCUT2D eigenvalue weighted by atomic mass is 79.9. The van der Waals surface area contributed by atoms with Crippen LogP contribution in [0.15, 0.2) is 22.9 Å². The molecule has 0 bridgehead atoms.